The van der Waals surface area contributed by atoms with Gasteiger partial charge in [-0.15, -0.1) is 0 Å². The predicted molar refractivity (Wildman–Crippen MR) is 143 cm³/mol. The fourth-order valence-electron chi connectivity index (χ4n) is 5.59. The average Bonchev–Trinajstić information content (AvgIpc) is 3.23. The average molecular weight is 481 g/mol. The van der Waals surface area contributed by atoms with Crippen molar-refractivity contribution >= 4 is 22.8 Å². The summed E-state index contributed by atoms with van der Waals surface area (Å²) in [4.78, 5) is 27.2. The van der Waals surface area contributed by atoms with E-state index < -0.39 is 5.97 Å². The van der Waals surface area contributed by atoms with Gasteiger partial charge < -0.3 is 14.6 Å². The molecule has 1 saturated carbocycles. The molecule has 1 aliphatic carbocycles. The van der Waals surface area contributed by atoms with Gasteiger partial charge in [0.15, 0.2) is 0 Å². The number of aromatic carboxylic acids is 1. The molecule has 1 amide bonds. The van der Waals surface area contributed by atoms with Gasteiger partial charge in [-0.05, 0) is 47.6 Å². The fraction of sp³-hybridized carbons (Fsp3) is 0.290. The predicted octanol–water partition coefficient (Wildman–Crippen LogP) is 6.71. The summed E-state index contributed by atoms with van der Waals surface area (Å²) in [6.07, 6.45) is 5.86. The van der Waals surface area contributed by atoms with Crippen LogP contribution in [0.3, 0.4) is 0 Å². The molecule has 0 atom stereocenters. The van der Waals surface area contributed by atoms with Gasteiger partial charge in [-0.25, -0.2) is 4.79 Å². The van der Waals surface area contributed by atoms with Crippen LogP contribution in [-0.2, 0) is 17.9 Å². The number of nitrogens with zero attached hydrogens (tertiary/aromatic N) is 2. The zero-order valence-corrected chi connectivity index (χ0v) is 20.7. The van der Waals surface area contributed by atoms with Crippen LogP contribution in [0.1, 0.15) is 59.5 Å². The first-order valence-corrected chi connectivity index (χ1v) is 12.8. The smallest absolute Gasteiger partial charge is 0.335 e. The Hall–Kier alpha value is -3.86. The molecule has 1 heterocycles. The van der Waals surface area contributed by atoms with Crippen LogP contribution in [0.4, 0.5) is 0 Å². The van der Waals surface area contributed by atoms with Crippen LogP contribution in [0.15, 0.2) is 78.9 Å². The van der Waals surface area contributed by atoms with Gasteiger partial charge in [-0.3, -0.25) is 4.79 Å². The number of amides is 1. The van der Waals surface area contributed by atoms with Gasteiger partial charge in [0, 0.05) is 19.0 Å². The van der Waals surface area contributed by atoms with E-state index in [0.717, 1.165) is 40.6 Å². The highest BCUT2D eigenvalue weighted by atomic mass is 16.4. The van der Waals surface area contributed by atoms with Crippen molar-refractivity contribution in [2.24, 2.45) is 0 Å². The first-order valence-electron chi connectivity index (χ1n) is 12.8. The first kappa shape index (κ1) is 23.9. The SMILES string of the molecule is CN(Cc1ccccc1)C(=O)Cn1c(-c2ccccc2)c(C2CCCCC2)c2ccc(C(=O)O)cc21. The summed E-state index contributed by atoms with van der Waals surface area (Å²) in [5.74, 6) is -0.577. The van der Waals surface area contributed by atoms with E-state index in [2.05, 4.69) is 16.7 Å². The molecular formula is C31H32N2O3. The molecule has 0 bridgehead atoms. The molecule has 0 spiro atoms. The number of rotatable bonds is 7. The van der Waals surface area contributed by atoms with E-state index in [1.165, 1.54) is 24.8 Å². The topological polar surface area (TPSA) is 62.5 Å². The number of hydrogen-bond acceptors (Lipinski definition) is 2. The minimum atomic E-state index is -0.961. The Kier molecular flexibility index (Phi) is 6.90. The molecule has 36 heavy (non-hydrogen) atoms. The van der Waals surface area contributed by atoms with Gasteiger partial charge in [-0.2, -0.15) is 0 Å². The van der Waals surface area contributed by atoms with Gasteiger partial charge in [0.05, 0.1) is 16.8 Å². The Morgan fingerprint density at radius 3 is 2.25 bits per heavy atom. The van der Waals surface area contributed by atoms with Crippen molar-refractivity contribution < 1.29 is 14.7 Å². The third kappa shape index (κ3) is 4.78. The number of carbonyl (C=O) groups is 2. The van der Waals surface area contributed by atoms with Crippen LogP contribution in [0, 0.1) is 0 Å². The Bertz CT molecular complexity index is 1370. The maximum absolute atomic E-state index is 13.5. The summed E-state index contributed by atoms with van der Waals surface area (Å²) in [6.45, 7) is 0.676. The van der Waals surface area contributed by atoms with E-state index in [1.807, 2.05) is 61.6 Å². The number of aromatic nitrogens is 1. The van der Waals surface area contributed by atoms with Crippen LogP contribution in [-0.4, -0.2) is 33.5 Å². The van der Waals surface area contributed by atoms with Crippen LogP contribution in [0.25, 0.3) is 22.2 Å². The largest absolute Gasteiger partial charge is 0.478 e. The summed E-state index contributed by atoms with van der Waals surface area (Å²) in [6, 6.07) is 25.6. The lowest BCUT2D eigenvalue weighted by Gasteiger charge is -2.24. The fourth-order valence-corrected chi connectivity index (χ4v) is 5.59. The van der Waals surface area contributed by atoms with E-state index in [0.29, 0.717) is 12.5 Å². The highest BCUT2D eigenvalue weighted by Gasteiger charge is 2.28. The van der Waals surface area contributed by atoms with E-state index >= 15 is 0 Å². The molecule has 1 aliphatic rings. The zero-order valence-electron chi connectivity index (χ0n) is 20.7. The molecule has 0 aliphatic heterocycles. The van der Waals surface area contributed by atoms with Crippen molar-refractivity contribution in [3.8, 4) is 11.3 Å². The molecule has 0 radical (unpaired) electrons. The summed E-state index contributed by atoms with van der Waals surface area (Å²) < 4.78 is 2.06. The number of carboxylic acid groups (broad SMARTS) is 1. The van der Waals surface area contributed by atoms with E-state index in [9.17, 15) is 14.7 Å². The number of likely N-dealkylation sites (N-methyl/N-ethyl adjacent to an activating group) is 1. The lowest BCUT2D eigenvalue weighted by molar-refractivity contribution is -0.130. The molecule has 0 unspecified atom stereocenters. The third-order valence-electron chi connectivity index (χ3n) is 7.39. The monoisotopic (exact) mass is 480 g/mol. The molecule has 0 saturated heterocycles. The summed E-state index contributed by atoms with van der Waals surface area (Å²) >= 11 is 0. The Morgan fingerprint density at radius 1 is 0.917 bits per heavy atom. The quantitative estimate of drug-likeness (QED) is 0.320. The van der Waals surface area contributed by atoms with E-state index in [-0.39, 0.29) is 18.0 Å². The van der Waals surface area contributed by atoms with Crippen LogP contribution < -0.4 is 0 Å². The molecular weight excluding hydrogens is 448 g/mol. The highest BCUT2D eigenvalue weighted by molar-refractivity contribution is 5.99. The maximum Gasteiger partial charge on any atom is 0.335 e. The van der Waals surface area contributed by atoms with Crippen molar-refractivity contribution in [3.05, 3.63) is 95.6 Å². The number of fused-ring (bicyclic) bond motifs is 1. The second-order valence-corrected chi connectivity index (χ2v) is 9.82. The minimum absolute atomic E-state index is 0.0103. The first-order chi connectivity index (χ1) is 17.5. The van der Waals surface area contributed by atoms with Gasteiger partial charge in [-0.1, -0.05) is 86.0 Å². The van der Waals surface area contributed by atoms with E-state index in [1.54, 1.807) is 17.0 Å². The van der Waals surface area contributed by atoms with Crippen molar-refractivity contribution in [2.45, 2.75) is 51.1 Å². The van der Waals surface area contributed by atoms with Crippen LogP contribution in [0.5, 0.6) is 0 Å². The van der Waals surface area contributed by atoms with Crippen LogP contribution >= 0.6 is 0 Å². The minimum Gasteiger partial charge on any atom is -0.478 e. The van der Waals surface area contributed by atoms with Crippen LogP contribution in [0.2, 0.25) is 0 Å². The lowest BCUT2D eigenvalue weighted by atomic mass is 9.82. The Morgan fingerprint density at radius 2 is 1.58 bits per heavy atom. The number of carbonyl (C=O) groups excluding carboxylic acids is 1. The standard InChI is InChI=1S/C31H32N2O3/c1-32(20-22-11-5-2-6-12-22)28(34)21-33-27-19-25(31(35)36)17-18-26(27)29(23-13-7-3-8-14-23)30(33)24-15-9-4-10-16-24/h2,4-6,9-12,15-19,23H,3,7-8,13-14,20-21H2,1H3,(H,35,36). The van der Waals surface area contributed by atoms with Gasteiger partial charge in [0.25, 0.3) is 0 Å². The number of carboxylic acids is 1. The Balaban J connectivity index is 1.65. The molecule has 184 valence electrons. The molecule has 1 aromatic heterocycles. The number of benzene rings is 3. The van der Waals surface area contributed by atoms with Crippen molar-refractivity contribution in [1.82, 2.24) is 9.47 Å². The molecule has 5 heteroatoms. The third-order valence-corrected chi connectivity index (χ3v) is 7.39. The molecule has 1 fully saturated rings. The summed E-state index contributed by atoms with van der Waals surface area (Å²) in [7, 11) is 1.83. The maximum atomic E-state index is 13.5. The number of hydrogen-bond donors (Lipinski definition) is 1. The summed E-state index contributed by atoms with van der Waals surface area (Å²) in [5, 5.41) is 10.8. The molecule has 1 N–H and O–H groups in total. The van der Waals surface area contributed by atoms with Gasteiger partial charge >= 0.3 is 5.97 Å². The van der Waals surface area contributed by atoms with Crippen molar-refractivity contribution in [2.75, 3.05) is 7.05 Å². The van der Waals surface area contributed by atoms with Gasteiger partial charge in [0.2, 0.25) is 5.91 Å². The normalized spacial score (nSPS) is 14.1. The second-order valence-electron chi connectivity index (χ2n) is 9.82. The second kappa shape index (κ2) is 10.4. The zero-order chi connectivity index (χ0) is 25.1. The molecule has 4 aromatic rings. The van der Waals surface area contributed by atoms with Crippen molar-refractivity contribution in [3.63, 3.8) is 0 Å². The highest BCUT2D eigenvalue weighted by Crippen LogP contribution is 2.44. The molecule has 3 aromatic carbocycles. The Labute approximate surface area is 212 Å². The van der Waals surface area contributed by atoms with E-state index in [4.69, 9.17) is 0 Å². The molecule has 5 nitrogen and oxygen atoms in total. The lowest BCUT2D eigenvalue weighted by Crippen LogP contribution is -2.30. The summed E-state index contributed by atoms with van der Waals surface area (Å²) in [5.41, 5.74) is 5.49. The van der Waals surface area contributed by atoms with Gasteiger partial charge in [0.1, 0.15) is 6.54 Å². The molecule has 5 rings (SSSR count). The van der Waals surface area contributed by atoms with Crippen molar-refractivity contribution in [1.29, 1.82) is 0 Å².